The molecular formula is C19H26N2O3. The third-order valence-electron chi connectivity index (χ3n) is 3.94. The van der Waals surface area contributed by atoms with Gasteiger partial charge in [0.2, 0.25) is 12.7 Å². The van der Waals surface area contributed by atoms with E-state index in [1.165, 1.54) is 38.2 Å². The molecule has 1 saturated carbocycles. The Hall–Kier alpha value is -2.27. The van der Waals surface area contributed by atoms with Crippen LogP contribution in [0.2, 0.25) is 0 Å². The van der Waals surface area contributed by atoms with Crippen LogP contribution >= 0.6 is 0 Å². The minimum absolute atomic E-state index is 0.150. The molecule has 2 aliphatic rings. The number of nitrogens with two attached hydrogens (primary N) is 1. The summed E-state index contributed by atoms with van der Waals surface area (Å²) in [5.41, 5.74) is 6.60. The Morgan fingerprint density at radius 2 is 2.00 bits per heavy atom. The zero-order valence-corrected chi connectivity index (χ0v) is 14.0. The van der Waals surface area contributed by atoms with E-state index in [0.717, 1.165) is 17.1 Å². The predicted molar refractivity (Wildman–Crippen MR) is 94.8 cm³/mol. The van der Waals surface area contributed by atoms with Gasteiger partial charge in [0.1, 0.15) is 0 Å². The number of benzene rings is 1. The van der Waals surface area contributed by atoms with Gasteiger partial charge >= 0.3 is 0 Å². The fourth-order valence-electron chi connectivity index (χ4n) is 2.59. The van der Waals surface area contributed by atoms with Gasteiger partial charge in [-0.05, 0) is 30.5 Å². The molecule has 24 heavy (non-hydrogen) atoms. The molecule has 0 spiro atoms. The zero-order chi connectivity index (χ0) is 17.2. The summed E-state index contributed by atoms with van der Waals surface area (Å²) in [6, 6.07) is 6.13. The molecule has 1 aromatic carbocycles. The number of rotatable bonds is 4. The second kappa shape index (κ2) is 9.78. The summed E-state index contributed by atoms with van der Waals surface area (Å²) in [6.07, 6.45) is 11.2. The molecule has 130 valence electrons. The highest BCUT2D eigenvalue weighted by Crippen LogP contribution is 2.32. The lowest BCUT2D eigenvalue weighted by atomic mass is 9.97. The molecule has 5 heteroatoms. The lowest BCUT2D eigenvalue weighted by Crippen LogP contribution is -2.22. The Morgan fingerprint density at radius 3 is 2.67 bits per heavy atom. The number of nitrogens with one attached hydrogen (secondary N) is 1. The summed E-state index contributed by atoms with van der Waals surface area (Å²) >= 11 is 0. The molecule has 0 radical (unpaired) electrons. The first-order chi connectivity index (χ1) is 11.7. The number of hydrogen-bond acceptors (Lipinski definition) is 4. The van der Waals surface area contributed by atoms with Crippen molar-refractivity contribution < 1.29 is 14.3 Å². The Balaban J connectivity index is 0.000000249. The minimum Gasteiger partial charge on any atom is -0.454 e. The van der Waals surface area contributed by atoms with Crippen molar-refractivity contribution in [3.8, 4) is 11.5 Å². The maximum Gasteiger partial charge on any atom is 0.244 e. The number of amides is 1. The Bertz CT molecular complexity index is 578. The maximum absolute atomic E-state index is 11.3. The van der Waals surface area contributed by atoms with Gasteiger partial charge in [-0.2, -0.15) is 0 Å². The highest BCUT2D eigenvalue weighted by atomic mass is 16.7. The molecule has 0 saturated heterocycles. The van der Waals surface area contributed by atoms with Crippen molar-refractivity contribution >= 4 is 5.91 Å². The topological polar surface area (TPSA) is 73.6 Å². The van der Waals surface area contributed by atoms with Gasteiger partial charge in [-0.1, -0.05) is 44.1 Å². The Kier molecular flexibility index (Phi) is 7.36. The van der Waals surface area contributed by atoms with Gasteiger partial charge in [0.25, 0.3) is 0 Å². The van der Waals surface area contributed by atoms with Crippen LogP contribution in [-0.4, -0.2) is 18.7 Å². The van der Waals surface area contributed by atoms with Crippen LogP contribution in [0.3, 0.4) is 0 Å². The van der Waals surface area contributed by atoms with Crippen molar-refractivity contribution in [2.75, 3.05) is 6.79 Å². The van der Waals surface area contributed by atoms with Crippen LogP contribution in [0.4, 0.5) is 0 Å². The molecule has 0 atom stereocenters. The molecule has 3 rings (SSSR count). The molecule has 1 aliphatic heterocycles. The van der Waals surface area contributed by atoms with E-state index in [-0.39, 0.29) is 12.7 Å². The first-order valence-corrected chi connectivity index (χ1v) is 8.40. The minimum atomic E-state index is -0.150. The predicted octanol–water partition coefficient (Wildman–Crippen LogP) is 3.05. The molecule has 3 N–H and O–H groups in total. The molecule has 1 heterocycles. The van der Waals surface area contributed by atoms with E-state index >= 15 is 0 Å². The molecule has 1 amide bonds. The van der Waals surface area contributed by atoms with Crippen LogP contribution in [0.5, 0.6) is 11.5 Å². The molecule has 1 fully saturated rings. The van der Waals surface area contributed by atoms with Gasteiger partial charge < -0.3 is 20.5 Å². The Labute approximate surface area is 143 Å². The van der Waals surface area contributed by atoms with Crippen LogP contribution in [0.1, 0.15) is 37.7 Å². The average molecular weight is 330 g/mol. The van der Waals surface area contributed by atoms with Gasteiger partial charge in [-0.15, -0.1) is 0 Å². The summed E-state index contributed by atoms with van der Waals surface area (Å²) in [5.74, 6) is 1.31. The van der Waals surface area contributed by atoms with Gasteiger partial charge in [-0.25, -0.2) is 0 Å². The highest BCUT2D eigenvalue weighted by Gasteiger charge is 2.13. The van der Waals surface area contributed by atoms with Gasteiger partial charge in [0, 0.05) is 18.7 Å². The summed E-state index contributed by atoms with van der Waals surface area (Å²) in [7, 11) is 0. The van der Waals surface area contributed by atoms with E-state index in [2.05, 4.69) is 11.9 Å². The second-order valence-electron chi connectivity index (χ2n) is 5.90. The smallest absolute Gasteiger partial charge is 0.244 e. The van der Waals surface area contributed by atoms with Crippen LogP contribution in [-0.2, 0) is 11.3 Å². The fraction of sp³-hybridized carbons (Fsp3) is 0.421. The van der Waals surface area contributed by atoms with E-state index in [9.17, 15) is 4.79 Å². The van der Waals surface area contributed by atoms with E-state index in [1.54, 1.807) is 12.2 Å². The van der Waals surface area contributed by atoms with Crippen molar-refractivity contribution in [1.82, 2.24) is 5.32 Å². The quantitative estimate of drug-likeness (QED) is 0.657. The third-order valence-corrected chi connectivity index (χ3v) is 3.94. The monoisotopic (exact) mass is 330 g/mol. The normalized spacial score (nSPS) is 16.4. The van der Waals surface area contributed by atoms with Crippen LogP contribution in [0, 0.1) is 0 Å². The number of carbonyl (C=O) groups excluding carboxylic acids is 1. The molecule has 1 aliphatic carbocycles. The van der Waals surface area contributed by atoms with Crippen molar-refractivity contribution in [3.63, 3.8) is 0 Å². The first-order valence-electron chi connectivity index (χ1n) is 8.40. The molecule has 5 nitrogen and oxygen atoms in total. The van der Waals surface area contributed by atoms with E-state index in [1.807, 2.05) is 18.2 Å². The fourth-order valence-corrected chi connectivity index (χ4v) is 2.59. The van der Waals surface area contributed by atoms with E-state index in [0.29, 0.717) is 12.6 Å². The third kappa shape index (κ3) is 6.08. The van der Waals surface area contributed by atoms with Gasteiger partial charge in [0.15, 0.2) is 11.5 Å². The summed E-state index contributed by atoms with van der Waals surface area (Å²) in [6.45, 7) is 4.21. The Morgan fingerprint density at radius 1 is 1.25 bits per heavy atom. The first kappa shape index (κ1) is 18.1. The number of fused-ring (bicyclic) bond motifs is 1. The molecule has 0 unspecified atom stereocenters. The summed E-state index contributed by atoms with van der Waals surface area (Å²) in [4.78, 5) is 11.3. The average Bonchev–Trinajstić information content (AvgIpc) is 3.07. The zero-order valence-electron chi connectivity index (χ0n) is 14.0. The maximum atomic E-state index is 11.3. The van der Waals surface area contributed by atoms with Crippen molar-refractivity contribution in [2.24, 2.45) is 5.73 Å². The SMILES string of the molecule is C=CC=CC(=O)NCc1ccc2c(c1)OCO2.NC1CCCCC1. The number of ether oxygens (including phenoxy) is 2. The number of allylic oxidation sites excluding steroid dienone is 2. The molecule has 0 aromatic heterocycles. The summed E-state index contributed by atoms with van der Waals surface area (Å²) < 4.78 is 10.4. The van der Waals surface area contributed by atoms with Crippen LogP contribution in [0.15, 0.2) is 43.0 Å². The van der Waals surface area contributed by atoms with E-state index < -0.39 is 0 Å². The van der Waals surface area contributed by atoms with Crippen LogP contribution < -0.4 is 20.5 Å². The largest absolute Gasteiger partial charge is 0.454 e. The molecular weight excluding hydrogens is 304 g/mol. The lowest BCUT2D eigenvalue weighted by Gasteiger charge is -2.15. The van der Waals surface area contributed by atoms with E-state index in [4.69, 9.17) is 15.2 Å². The number of hydrogen-bond donors (Lipinski definition) is 2. The molecule has 1 aromatic rings. The van der Waals surface area contributed by atoms with Crippen LogP contribution in [0.25, 0.3) is 0 Å². The second-order valence-corrected chi connectivity index (χ2v) is 5.90. The number of carbonyl (C=O) groups is 1. The van der Waals surface area contributed by atoms with Gasteiger partial charge in [-0.3, -0.25) is 4.79 Å². The highest BCUT2D eigenvalue weighted by molar-refractivity contribution is 5.87. The van der Waals surface area contributed by atoms with Crippen molar-refractivity contribution in [3.05, 3.63) is 48.6 Å². The van der Waals surface area contributed by atoms with Crippen molar-refractivity contribution in [2.45, 2.75) is 44.7 Å². The lowest BCUT2D eigenvalue weighted by molar-refractivity contribution is -0.116. The standard InChI is InChI=1S/C13H13NO3.C6H13N/c1-2-3-4-13(15)14-8-10-5-6-11-12(7-10)17-9-16-11;7-6-4-2-1-3-5-6/h2-7H,1,8-9H2,(H,14,15);6H,1-5,7H2. The van der Waals surface area contributed by atoms with Gasteiger partial charge in [0.05, 0.1) is 0 Å². The summed E-state index contributed by atoms with van der Waals surface area (Å²) in [5, 5.41) is 2.76. The molecule has 0 bridgehead atoms. The van der Waals surface area contributed by atoms with Crippen molar-refractivity contribution in [1.29, 1.82) is 0 Å².